The summed E-state index contributed by atoms with van der Waals surface area (Å²) in [5.41, 5.74) is 1.14. The smallest absolute Gasteiger partial charge is 0.260 e. The highest BCUT2D eigenvalue weighted by Gasteiger charge is 2.35. The maximum atomic E-state index is 13.1. The number of carbonyl (C=O) groups is 2. The molecule has 2 N–H and O–H groups in total. The molecule has 0 aliphatic carbocycles. The number of aromatic nitrogens is 2. The van der Waals surface area contributed by atoms with Gasteiger partial charge in [0, 0.05) is 34.5 Å². The summed E-state index contributed by atoms with van der Waals surface area (Å²) >= 11 is 3.34. The summed E-state index contributed by atoms with van der Waals surface area (Å²) in [6.45, 7) is 3.65. The summed E-state index contributed by atoms with van der Waals surface area (Å²) in [7, 11) is 1.52. The third kappa shape index (κ3) is 4.19. The third-order valence-electron chi connectivity index (χ3n) is 3.98. The van der Waals surface area contributed by atoms with Gasteiger partial charge in [0.15, 0.2) is 0 Å². The van der Waals surface area contributed by atoms with Crippen LogP contribution >= 0.6 is 15.9 Å². The van der Waals surface area contributed by atoms with Crippen LogP contribution in [0, 0.1) is 0 Å². The standard InChI is InChI=1S/C18H20BrN5O3/c1-10(2)22-14(25)9-24-17(11-4-5-20-15(6-11)27-3)23-16-13(18(24)26)7-12(19)8-21-16/h4-8,10,17H,9H2,1-3H3,(H,21,23)(H,22,25). The predicted molar refractivity (Wildman–Crippen MR) is 103 cm³/mol. The SMILES string of the molecule is COc1cc(C2Nc3ncc(Br)cc3C(=O)N2CC(=O)NC(C)C)ccn1. The van der Waals surface area contributed by atoms with Gasteiger partial charge in [0.1, 0.15) is 18.5 Å². The van der Waals surface area contributed by atoms with Crippen molar-refractivity contribution in [1.29, 1.82) is 0 Å². The van der Waals surface area contributed by atoms with Crippen LogP contribution in [0.4, 0.5) is 5.82 Å². The summed E-state index contributed by atoms with van der Waals surface area (Å²) in [5, 5.41) is 6.06. The Kier molecular flexibility index (Phi) is 5.59. The Bertz CT molecular complexity index is 874. The fourth-order valence-electron chi connectivity index (χ4n) is 2.85. The number of hydrogen-bond acceptors (Lipinski definition) is 6. The summed E-state index contributed by atoms with van der Waals surface area (Å²) in [5.74, 6) is 0.363. The van der Waals surface area contributed by atoms with Gasteiger partial charge >= 0.3 is 0 Å². The molecule has 0 fully saturated rings. The van der Waals surface area contributed by atoms with Crippen LogP contribution in [-0.2, 0) is 4.79 Å². The number of fused-ring (bicyclic) bond motifs is 1. The van der Waals surface area contributed by atoms with Crippen LogP contribution in [0.5, 0.6) is 5.88 Å². The maximum absolute atomic E-state index is 13.1. The van der Waals surface area contributed by atoms with Crippen molar-refractivity contribution in [2.75, 3.05) is 19.0 Å². The zero-order valence-electron chi connectivity index (χ0n) is 15.2. The summed E-state index contributed by atoms with van der Waals surface area (Å²) in [6.07, 6.45) is 2.63. The van der Waals surface area contributed by atoms with Crippen molar-refractivity contribution in [3.05, 3.63) is 46.2 Å². The molecule has 0 aromatic carbocycles. The molecule has 142 valence electrons. The average molecular weight is 434 g/mol. The van der Waals surface area contributed by atoms with Crippen LogP contribution in [0.2, 0.25) is 0 Å². The van der Waals surface area contributed by atoms with E-state index in [0.29, 0.717) is 21.7 Å². The molecule has 27 heavy (non-hydrogen) atoms. The Morgan fingerprint density at radius 2 is 2.19 bits per heavy atom. The van der Waals surface area contributed by atoms with Gasteiger partial charge in [-0.3, -0.25) is 9.59 Å². The van der Waals surface area contributed by atoms with Crippen molar-refractivity contribution in [1.82, 2.24) is 20.2 Å². The van der Waals surface area contributed by atoms with E-state index >= 15 is 0 Å². The Labute approximate surface area is 165 Å². The number of ether oxygens (including phenoxy) is 1. The van der Waals surface area contributed by atoms with E-state index in [0.717, 1.165) is 5.56 Å². The first-order chi connectivity index (χ1) is 12.9. The van der Waals surface area contributed by atoms with E-state index in [4.69, 9.17) is 4.74 Å². The van der Waals surface area contributed by atoms with Crippen molar-refractivity contribution < 1.29 is 14.3 Å². The minimum atomic E-state index is -0.575. The molecular weight excluding hydrogens is 414 g/mol. The van der Waals surface area contributed by atoms with Crippen LogP contribution in [0.3, 0.4) is 0 Å². The maximum Gasteiger partial charge on any atom is 0.260 e. The van der Waals surface area contributed by atoms with Crippen molar-refractivity contribution in [3.63, 3.8) is 0 Å². The van der Waals surface area contributed by atoms with Crippen molar-refractivity contribution in [2.45, 2.75) is 26.1 Å². The minimum absolute atomic E-state index is 0.0204. The van der Waals surface area contributed by atoms with Crippen molar-refractivity contribution in [3.8, 4) is 5.88 Å². The van der Waals surface area contributed by atoms with Gasteiger partial charge in [-0.25, -0.2) is 9.97 Å². The van der Waals surface area contributed by atoms with Gasteiger partial charge in [-0.05, 0) is 41.9 Å². The van der Waals surface area contributed by atoms with Crippen LogP contribution in [0.1, 0.15) is 35.9 Å². The number of anilines is 1. The second kappa shape index (κ2) is 7.91. The van der Waals surface area contributed by atoms with Crippen molar-refractivity contribution in [2.24, 2.45) is 0 Å². The second-order valence-electron chi connectivity index (χ2n) is 6.38. The highest BCUT2D eigenvalue weighted by Crippen LogP contribution is 2.33. The van der Waals surface area contributed by atoms with E-state index in [2.05, 4.69) is 36.5 Å². The van der Waals surface area contributed by atoms with Gasteiger partial charge in [0.05, 0.1) is 12.7 Å². The molecule has 3 rings (SSSR count). The molecule has 0 saturated carbocycles. The largest absolute Gasteiger partial charge is 0.481 e. The fourth-order valence-corrected chi connectivity index (χ4v) is 3.18. The highest BCUT2D eigenvalue weighted by atomic mass is 79.9. The molecule has 0 radical (unpaired) electrons. The third-order valence-corrected chi connectivity index (χ3v) is 4.41. The van der Waals surface area contributed by atoms with E-state index in [-0.39, 0.29) is 24.4 Å². The van der Waals surface area contributed by atoms with E-state index in [1.807, 2.05) is 13.8 Å². The van der Waals surface area contributed by atoms with Gasteiger partial charge in [-0.2, -0.15) is 0 Å². The number of pyridine rings is 2. The van der Waals surface area contributed by atoms with E-state index < -0.39 is 6.17 Å². The Balaban J connectivity index is 2.00. The zero-order chi connectivity index (χ0) is 19.6. The van der Waals surface area contributed by atoms with Gasteiger partial charge in [-0.1, -0.05) is 0 Å². The van der Waals surface area contributed by atoms with Gasteiger partial charge in [0.2, 0.25) is 11.8 Å². The highest BCUT2D eigenvalue weighted by molar-refractivity contribution is 9.10. The first-order valence-electron chi connectivity index (χ1n) is 8.41. The first kappa shape index (κ1) is 19.1. The van der Waals surface area contributed by atoms with Crippen LogP contribution in [-0.4, -0.2) is 46.4 Å². The van der Waals surface area contributed by atoms with Gasteiger partial charge < -0.3 is 20.3 Å². The lowest BCUT2D eigenvalue weighted by molar-refractivity contribution is -0.122. The molecule has 2 aromatic rings. The molecule has 0 saturated heterocycles. The van der Waals surface area contributed by atoms with E-state index in [9.17, 15) is 9.59 Å². The molecule has 3 heterocycles. The second-order valence-corrected chi connectivity index (χ2v) is 7.30. The molecule has 9 heteroatoms. The molecule has 2 amide bonds. The number of amides is 2. The van der Waals surface area contributed by atoms with Crippen LogP contribution in [0.25, 0.3) is 0 Å². The fraction of sp³-hybridized carbons (Fsp3) is 0.333. The number of methoxy groups -OCH3 is 1. The molecule has 1 aliphatic rings. The summed E-state index contributed by atoms with van der Waals surface area (Å²) in [4.78, 5) is 35.3. The Morgan fingerprint density at radius 3 is 2.89 bits per heavy atom. The molecular formula is C18H20BrN5O3. The molecule has 0 spiro atoms. The lowest BCUT2D eigenvalue weighted by Gasteiger charge is -2.37. The van der Waals surface area contributed by atoms with E-state index in [1.54, 1.807) is 30.6 Å². The molecule has 0 bridgehead atoms. The lowest BCUT2D eigenvalue weighted by atomic mass is 10.1. The van der Waals surface area contributed by atoms with Crippen LogP contribution < -0.4 is 15.4 Å². The number of rotatable bonds is 5. The quantitative estimate of drug-likeness (QED) is 0.750. The van der Waals surface area contributed by atoms with Crippen molar-refractivity contribution >= 4 is 33.6 Å². The van der Waals surface area contributed by atoms with Gasteiger partial charge in [0.25, 0.3) is 5.91 Å². The summed E-state index contributed by atoms with van der Waals surface area (Å²) in [6, 6.07) is 5.16. The minimum Gasteiger partial charge on any atom is -0.481 e. The van der Waals surface area contributed by atoms with Gasteiger partial charge in [-0.15, -0.1) is 0 Å². The van der Waals surface area contributed by atoms with Crippen LogP contribution in [0.15, 0.2) is 35.1 Å². The zero-order valence-corrected chi connectivity index (χ0v) is 16.8. The number of nitrogens with one attached hydrogen (secondary N) is 2. The molecule has 1 aliphatic heterocycles. The topological polar surface area (TPSA) is 96.5 Å². The average Bonchev–Trinajstić information content (AvgIpc) is 2.63. The molecule has 1 atom stereocenters. The Hall–Kier alpha value is -2.68. The Morgan fingerprint density at radius 1 is 1.41 bits per heavy atom. The monoisotopic (exact) mass is 433 g/mol. The lowest BCUT2D eigenvalue weighted by Crippen LogP contribution is -2.49. The first-order valence-corrected chi connectivity index (χ1v) is 9.20. The number of carbonyl (C=O) groups excluding carboxylic acids is 2. The molecule has 1 unspecified atom stereocenters. The van der Waals surface area contributed by atoms with E-state index in [1.165, 1.54) is 12.0 Å². The molecule has 8 nitrogen and oxygen atoms in total. The number of halogens is 1. The predicted octanol–water partition coefficient (Wildman–Crippen LogP) is 2.34. The number of nitrogens with zero attached hydrogens (tertiary/aromatic N) is 3. The number of hydrogen-bond donors (Lipinski definition) is 2. The summed E-state index contributed by atoms with van der Waals surface area (Å²) < 4.78 is 5.87. The normalized spacial score (nSPS) is 16.0. The molecule has 2 aromatic heterocycles.